The summed E-state index contributed by atoms with van der Waals surface area (Å²) in [6.45, 7) is 6.46. The summed E-state index contributed by atoms with van der Waals surface area (Å²) >= 11 is 0. The number of ketones is 1. The van der Waals surface area contributed by atoms with E-state index < -0.39 is 23.7 Å². The fourth-order valence-corrected chi connectivity index (χ4v) is 4.09. The molecule has 1 amide bonds. The number of benzene rings is 2. The standard InChI is InChI=1S/C29H28N2O6/c1-4-36-23-9-5-7-20(15-23)26(32)24-25(21-8-6-14-30-16-21)31(28(34)27(24)33)22-12-10-19(11-13-22)29(35)37-17-18(2)3/h5-16,18,25,32H,4,17H2,1-3H3/b26-24+. The molecule has 0 saturated carbocycles. The molecule has 0 radical (unpaired) electrons. The number of aromatic nitrogens is 1. The number of anilines is 1. The van der Waals surface area contributed by atoms with Gasteiger partial charge in [-0.05, 0) is 60.9 Å². The van der Waals surface area contributed by atoms with Crippen LogP contribution in [0.3, 0.4) is 0 Å². The average Bonchev–Trinajstić information content (AvgIpc) is 3.18. The molecule has 1 fully saturated rings. The maximum atomic E-state index is 13.3. The first-order valence-electron chi connectivity index (χ1n) is 12.0. The molecule has 0 bridgehead atoms. The third-order valence-electron chi connectivity index (χ3n) is 5.79. The van der Waals surface area contributed by atoms with E-state index in [1.165, 1.54) is 4.90 Å². The zero-order chi connectivity index (χ0) is 26.5. The van der Waals surface area contributed by atoms with Gasteiger partial charge in [0.15, 0.2) is 0 Å². The van der Waals surface area contributed by atoms with Gasteiger partial charge in [0, 0.05) is 23.6 Å². The number of nitrogens with zero attached hydrogens (tertiary/aromatic N) is 2. The number of esters is 1. The van der Waals surface area contributed by atoms with E-state index in [0.717, 1.165) is 0 Å². The Morgan fingerprint density at radius 3 is 2.46 bits per heavy atom. The number of carbonyl (C=O) groups excluding carboxylic acids is 3. The summed E-state index contributed by atoms with van der Waals surface area (Å²) in [5.74, 6) is -1.69. The molecule has 4 rings (SSSR count). The van der Waals surface area contributed by atoms with Gasteiger partial charge in [0.05, 0.1) is 30.4 Å². The van der Waals surface area contributed by atoms with E-state index >= 15 is 0 Å². The summed E-state index contributed by atoms with van der Waals surface area (Å²) in [4.78, 5) is 44.4. The first-order valence-corrected chi connectivity index (χ1v) is 12.0. The van der Waals surface area contributed by atoms with Gasteiger partial charge in [-0.1, -0.05) is 32.0 Å². The maximum absolute atomic E-state index is 13.3. The second-order valence-corrected chi connectivity index (χ2v) is 8.96. The molecule has 8 nitrogen and oxygen atoms in total. The molecular formula is C29H28N2O6. The van der Waals surface area contributed by atoms with Crippen LogP contribution in [0.15, 0.2) is 78.6 Å². The van der Waals surface area contributed by atoms with E-state index in [-0.39, 0.29) is 17.3 Å². The van der Waals surface area contributed by atoms with Gasteiger partial charge in [-0.25, -0.2) is 4.79 Å². The van der Waals surface area contributed by atoms with E-state index in [0.29, 0.717) is 41.3 Å². The summed E-state index contributed by atoms with van der Waals surface area (Å²) < 4.78 is 10.8. The van der Waals surface area contributed by atoms with Gasteiger partial charge in [0.25, 0.3) is 11.7 Å². The number of amides is 1. The molecule has 2 aromatic carbocycles. The fourth-order valence-electron chi connectivity index (χ4n) is 4.09. The lowest BCUT2D eigenvalue weighted by molar-refractivity contribution is -0.132. The van der Waals surface area contributed by atoms with Gasteiger partial charge in [-0.15, -0.1) is 0 Å². The Labute approximate surface area is 215 Å². The van der Waals surface area contributed by atoms with Crippen molar-refractivity contribution in [2.24, 2.45) is 5.92 Å². The molecule has 1 saturated heterocycles. The van der Waals surface area contributed by atoms with Gasteiger partial charge in [-0.2, -0.15) is 0 Å². The third kappa shape index (κ3) is 5.38. The predicted molar refractivity (Wildman–Crippen MR) is 138 cm³/mol. The maximum Gasteiger partial charge on any atom is 0.338 e. The van der Waals surface area contributed by atoms with E-state index in [1.807, 2.05) is 20.8 Å². The number of rotatable bonds is 8. The summed E-state index contributed by atoms with van der Waals surface area (Å²) in [7, 11) is 0. The topological polar surface area (TPSA) is 106 Å². The highest BCUT2D eigenvalue weighted by Crippen LogP contribution is 2.42. The second-order valence-electron chi connectivity index (χ2n) is 8.96. The number of Topliss-reactive ketones (excluding diaryl/α,β-unsaturated/α-hetero) is 1. The van der Waals surface area contributed by atoms with Crippen molar-refractivity contribution in [1.29, 1.82) is 0 Å². The smallest absolute Gasteiger partial charge is 0.338 e. The van der Waals surface area contributed by atoms with Crippen molar-refractivity contribution in [2.45, 2.75) is 26.8 Å². The Balaban J connectivity index is 1.77. The number of aliphatic hydroxyl groups is 1. The molecule has 1 N–H and O–H groups in total. The number of hydrogen-bond acceptors (Lipinski definition) is 7. The number of aliphatic hydroxyl groups excluding tert-OH is 1. The normalized spacial score (nSPS) is 16.8. The Morgan fingerprint density at radius 1 is 1.05 bits per heavy atom. The van der Waals surface area contributed by atoms with Gasteiger partial charge in [0.1, 0.15) is 11.5 Å². The van der Waals surface area contributed by atoms with Crippen LogP contribution in [-0.4, -0.2) is 41.0 Å². The minimum atomic E-state index is -0.928. The number of pyridine rings is 1. The van der Waals surface area contributed by atoms with Crippen LogP contribution >= 0.6 is 0 Å². The van der Waals surface area contributed by atoms with Crippen molar-refractivity contribution in [2.75, 3.05) is 18.1 Å². The van der Waals surface area contributed by atoms with Crippen LogP contribution in [0, 0.1) is 5.92 Å². The quantitative estimate of drug-likeness (QED) is 0.203. The monoisotopic (exact) mass is 500 g/mol. The summed E-state index contributed by atoms with van der Waals surface area (Å²) in [6, 6.07) is 15.4. The summed E-state index contributed by atoms with van der Waals surface area (Å²) in [5.41, 5.74) is 1.54. The fraction of sp³-hybridized carbons (Fsp3) is 0.241. The molecule has 1 atom stereocenters. The molecule has 1 aliphatic heterocycles. The number of carbonyl (C=O) groups is 3. The van der Waals surface area contributed by atoms with E-state index in [9.17, 15) is 19.5 Å². The minimum Gasteiger partial charge on any atom is -0.507 e. The summed E-state index contributed by atoms with van der Waals surface area (Å²) in [5, 5.41) is 11.3. The van der Waals surface area contributed by atoms with Crippen molar-refractivity contribution in [3.05, 3.63) is 95.3 Å². The average molecular weight is 501 g/mol. The van der Waals surface area contributed by atoms with E-state index in [4.69, 9.17) is 9.47 Å². The largest absolute Gasteiger partial charge is 0.507 e. The molecule has 3 aromatic rings. The lowest BCUT2D eigenvalue weighted by Crippen LogP contribution is -2.29. The molecular weight excluding hydrogens is 472 g/mol. The van der Waals surface area contributed by atoms with E-state index in [2.05, 4.69) is 4.98 Å². The third-order valence-corrected chi connectivity index (χ3v) is 5.79. The molecule has 1 unspecified atom stereocenters. The van der Waals surface area contributed by atoms with Crippen molar-refractivity contribution in [3.63, 3.8) is 0 Å². The minimum absolute atomic E-state index is 0.0629. The van der Waals surface area contributed by atoms with Gasteiger partial charge >= 0.3 is 5.97 Å². The Hall–Kier alpha value is -4.46. The molecule has 190 valence electrons. The van der Waals surface area contributed by atoms with Crippen LogP contribution < -0.4 is 9.64 Å². The van der Waals surface area contributed by atoms with E-state index in [1.54, 1.807) is 73.1 Å². The summed E-state index contributed by atoms with van der Waals surface area (Å²) in [6.07, 6.45) is 3.13. The highest BCUT2D eigenvalue weighted by molar-refractivity contribution is 6.51. The zero-order valence-corrected chi connectivity index (χ0v) is 20.9. The lowest BCUT2D eigenvalue weighted by atomic mass is 9.96. The van der Waals surface area contributed by atoms with Crippen LogP contribution in [0.1, 0.15) is 48.3 Å². The van der Waals surface area contributed by atoms with Crippen LogP contribution in [-0.2, 0) is 14.3 Å². The SMILES string of the molecule is CCOc1cccc(/C(O)=C2\C(=O)C(=O)N(c3ccc(C(=O)OCC(C)C)cc3)C2c2cccnc2)c1. The molecule has 2 heterocycles. The zero-order valence-electron chi connectivity index (χ0n) is 20.9. The highest BCUT2D eigenvalue weighted by Gasteiger charge is 2.47. The lowest BCUT2D eigenvalue weighted by Gasteiger charge is -2.25. The second kappa shape index (κ2) is 11.1. The first-order chi connectivity index (χ1) is 17.8. The van der Waals surface area contributed by atoms with Crippen molar-refractivity contribution < 1.29 is 29.0 Å². The van der Waals surface area contributed by atoms with Crippen molar-refractivity contribution >= 4 is 29.1 Å². The molecule has 0 aliphatic carbocycles. The van der Waals surface area contributed by atoms with Crippen molar-refractivity contribution in [3.8, 4) is 5.75 Å². The van der Waals surface area contributed by atoms with Crippen LogP contribution in [0.5, 0.6) is 5.75 Å². The molecule has 8 heteroatoms. The van der Waals surface area contributed by atoms with Gasteiger partial charge in [0.2, 0.25) is 0 Å². The number of ether oxygens (including phenoxy) is 2. The molecule has 0 spiro atoms. The van der Waals surface area contributed by atoms with Gasteiger partial charge in [-0.3, -0.25) is 19.5 Å². The molecule has 1 aromatic heterocycles. The van der Waals surface area contributed by atoms with Crippen molar-refractivity contribution in [1.82, 2.24) is 4.98 Å². The van der Waals surface area contributed by atoms with Crippen LogP contribution in [0.2, 0.25) is 0 Å². The Morgan fingerprint density at radius 2 is 1.81 bits per heavy atom. The predicted octanol–water partition coefficient (Wildman–Crippen LogP) is 4.92. The Kier molecular flexibility index (Phi) is 7.67. The highest BCUT2D eigenvalue weighted by atomic mass is 16.5. The van der Waals surface area contributed by atoms with Crippen LogP contribution in [0.25, 0.3) is 5.76 Å². The Bertz CT molecular complexity index is 1330. The van der Waals surface area contributed by atoms with Gasteiger partial charge < -0.3 is 14.6 Å². The first kappa shape index (κ1) is 25.6. The van der Waals surface area contributed by atoms with Crippen LogP contribution in [0.4, 0.5) is 5.69 Å². The molecule has 1 aliphatic rings. The number of hydrogen-bond donors (Lipinski definition) is 1. The molecule has 37 heavy (non-hydrogen) atoms.